The number of hydrogen-bond acceptors (Lipinski definition) is 3. The second kappa shape index (κ2) is 6.69. The van der Waals surface area contributed by atoms with Crippen molar-refractivity contribution in [2.45, 2.75) is 56.8 Å². The molecular weight excluding hydrogens is 270 g/mol. The first-order chi connectivity index (χ1) is 10.9. The van der Waals surface area contributed by atoms with E-state index in [4.69, 9.17) is 0 Å². The summed E-state index contributed by atoms with van der Waals surface area (Å²) in [7, 11) is 0. The van der Waals surface area contributed by atoms with Gasteiger partial charge in [-0.3, -0.25) is 9.80 Å². The van der Waals surface area contributed by atoms with Crippen LogP contribution in [0.1, 0.15) is 37.7 Å². The molecule has 1 aliphatic carbocycles. The van der Waals surface area contributed by atoms with Crippen molar-refractivity contribution >= 4 is 0 Å². The number of likely N-dealkylation sites (tertiary alicyclic amines) is 1. The van der Waals surface area contributed by atoms with E-state index in [9.17, 15) is 0 Å². The van der Waals surface area contributed by atoms with Gasteiger partial charge in [0, 0.05) is 37.8 Å². The first-order valence-electron chi connectivity index (χ1n) is 9.17. The molecule has 3 fully saturated rings. The third-order valence-corrected chi connectivity index (χ3v) is 5.92. The number of rotatable bonds is 3. The van der Waals surface area contributed by atoms with Crippen LogP contribution in [0.4, 0.5) is 0 Å². The maximum absolute atomic E-state index is 3.88. The molecule has 0 unspecified atom stereocenters. The lowest BCUT2D eigenvalue weighted by Crippen LogP contribution is -2.66. The number of nitrogens with zero attached hydrogens (tertiary/aromatic N) is 2. The number of hydrogen-bond donors (Lipinski definition) is 1. The Hall–Kier alpha value is -0.900. The molecule has 1 saturated carbocycles. The van der Waals surface area contributed by atoms with Gasteiger partial charge in [0.15, 0.2) is 0 Å². The van der Waals surface area contributed by atoms with Gasteiger partial charge in [0.05, 0.1) is 0 Å². The molecular formula is C19H29N3. The molecule has 0 aromatic heterocycles. The van der Waals surface area contributed by atoms with E-state index in [1.54, 1.807) is 0 Å². The van der Waals surface area contributed by atoms with Crippen molar-refractivity contribution < 1.29 is 0 Å². The van der Waals surface area contributed by atoms with Crippen molar-refractivity contribution in [2.75, 3.05) is 26.2 Å². The number of piperazine rings is 1. The van der Waals surface area contributed by atoms with Gasteiger partial charge in [-0.15, -0.1) is 0 Å². The molecule has 22 heavy (non-hydrogen) atoms. The minimum absolute atomic E-state index is 0.685. The summed E-state index contributed by atoms with van der Waals surface area (Å²) in [4.78, 5) is 5.52. The monoisotopic (exact) mass is 299 g/mol. The summed E-state index contributed by atoms with van der Waals surface area (Å²) >= 11 is 0. The van der Waals surface area contributed by atoms with Crippen molar-refractivity contribution in [3.63, 3.8) is 0 Å². The third kappa shape index (κ3) is 2.94. The van der Waals surface area contributed by atoms with Gasteiger partial charge < -0.3 is 5.32 Å². The smallest absolute Gasteiger partial charge is 0.0380 e. The van der Waals surface area contributed by atoms with Gasteiger partial charge in [-0.05, 0) is 44.3 Å². The van der Waals surface area contributed by atoms with E-state index in [-0.39, 0.29) is 0 Å². The molecule has 3 heteroatoms. The minimum Gasteiger partial charge on any atom is -0.310 e. The number of nitrogens with one attached hydrogen (secondary N) is 1. The van der Waals surface area contributed by atoms with Crippen molar-refractivity contribution in [2.24, 2.45) is 0 Å². The van der Waals surface area contributed by atoms with Crippen LogP contribution in [0.25, 0.3) is 0 Å². The summed E-state index contributed by atoms with van der Waals surface area (Å²) < 4.78 is 0. The van der Waals surface area contributed by atoms with Crippen LogP contribution < -0.4 is 5.32 Å². The Morgan fingerprint density at radius 3 is 2.50 bits per heavy atom. The second-order valence-corrected chi connectivity index (χ2v) is 7.24. The van der Waals surface area contributed by atoms with E-state index in [1.165, 1.54) is 57.3 Å². The van der Waals surface area contributed by atoms with Crippen molar-refractivity contribution in [1.29, 1.82) is 0 Å². The second-order valence-electron chi connectivity index (χ2n) is 7.24. The van der Waals surface area contributed by atoms with Crippen LogP contribution in [0.2, 0.25) is 0 Å². The highest BCUT2D eigenvalue weighted by Gasteiger charge is 2.41. The quantitative estimate of drug-likeness (QED) is 0.925. The van der Waals surface area contributed by atoms with Crippen LogP contribution in [0.3, 0.4) is 0 Å². The molecule has 4 rings (SSSR count). The van der Waals surface area contributed by atoms with Crippen LogP contribution in [0, 0.1) is 0 Å². The average molecular weight is 299 g/mol. The van der Waals surface area contributed by atoms with Gasteiger partial charge in [-0.2, -0.15) is 0 Å². The van der Waals surface area contributed by atoms with Crippen LogP contribution in [-0.4, -0.2) is 54.1 Å². The van der Waals surface area contributed by atoms with E-state index < -0.39 is 0 Å². The van der Waals surface area contributed by atoms with Crippen LogP contribution in [0.15, 0.2) is 30.3 Å². The molecule has 2 saturated heterocycles. The molecule has 2 heterocycles. The molecule has 120 valence electrons. The molecule has 2 aliphatic heterocycles. The fraction of sp³-hybridized carbons (Fsp3) is 0.684. The first-order valence-corrected chi connectivity index (χ1v) is 9.17. The Morgan fingerprint density at radius 1 is 0.909 bits per heavy atom. The first kappa shape index (κ1) is 14.7. The van der Waals surface area contributed by atoms with Gasteiger partial charge in [-0.1, -0.05) is 36.8 Å². The summed E-state index contributed by atoms with van der Waals surface area (Å²) in [6.07, 6.45) is 6.97. The lowest BCUT2D eigenvalue weighted by molar-refractivity contribution is 0.0278. The standard InChI is InChI=1S/C19H29N3/c1-2-7-16(8-3-1)15-22-14-11-20-19-17(9-6-10-18(19)22)21-12-4-5-13-21/h1-3,7-8,17-20H,4-6,9-15H2/t17-,18+,19-/m1/s1. The van der Waals surface area contributed by atoms with E-state index >= 15 is 0 Å². The van der Waals surface area contributed by atoms with Gasteiger partial charge in [0.2, 0.25) is 0 Å². The van der Waals surface area contributed by atoms with Gasteiger partial charge in [-0.25, -0.2) is 0 Å². The van der Waals surface area contributed by atoms with E-state index in [0.717, 1.165) is 25.2 Å². The Morgan fingerprint density at radius 2 is 1.68 bits per heavy atom. The average Bonchev–Trinajstić information content (AvgIpc) is 3.10. The molecule has 0 spiro atoms. The highest BCUT2D eigenvalue weighted by molar-refractivity contribution is 5.15. The summed E-state index contributed by atoms with van der Waals surface area (Å²) in [6, 6.07) is 13.2. The zero-order chi connectivity index (χ0) is 14.8. The molecule has 3 nitrogen and oxygen atoms in total. The van der Waals surface area contributed by atoms with Crippen molar-refractivity contribution in [3.8, 4) is 0 Å². The highest BCUT2D eigenvalue weighted by atomic mass is 15.3. The molecule has 1 aromatic rings. The zero-order valence-corrected chi connectivity index (χ0v) is 13.6. The molecule has 0 bridgehead atoms. The highest BCUT2D eigenvalue weighted by Crippen LogP contribution is 2.31. The topological polar surface area (TPSA) is 18.5 Å². The normalized spacial score (nSPS) is 33.7. The van der Waals surface area contributed by atoms with Crippen molar-refractivity contribution in [1.82, 2.24) is 15.1 Å². The predicted octanol–water partition coefficient (Wildman–Crippen LogP) is 2.48. The maximum Gasteiger partial charge on any atom is 0.0380 e. The van der Waals surface area contributed by atoms with Crippen molar-refractivity contribution in [3.05, 3.63) is 35.9 Å². The SMILES string of the molecule is c1ccc(CN2CCN[C@@H]3[C@H](N4CCCC4)CCC[C@@H]32)cc1. The number of benzene rings is 1. The molecule has 0 radical (unpaired) electrons. The van der Waals surface area contributed by atoms with E-state index in [2.05, 4.69) is 45.4 Å². The third-order valence-electron chi connectivity index (χ3n) is 5.92. The summed E-state index contributed by atoms with van der Waals surface area (Å²) in [5.41, 5.74) is 1.46. The zero-order valence-electron chi connectivity index (χ0n) is 13.6. The lowest BCUT2D eigenvalue weighted by atomic mass is 9.82. The van der Waals surface area contributed by atoms with Gasteiger partial charge >= 0.3 is 0 Å². The lowest BCUT2D eigenvalue weighted by Gasteiger charge is -2.50. The summed E-state index contributed by atoms with van der Waals surface area (Å²) in [5, 5.41) is 3.88. The van der Waals surface area contributed by atoms with Crippen LogP contribution in [-0.2, 0) is 6.54 Å². The predicted molar refractivity (Wildman–Crippen MR) is 90.9 cm³/mol. The largest absolute Gasteiger partial charge is 0.310 e. The Labute approximate surface area is 134 Å². The number of fused-ring (bicyclic) bond motifs is 1. The molecule has 3 aliphatic rings. The fourth-order valence-corrected chi connectivity index (χ4v) is 4.87. The van der Waals surface area contributed by atoms with Gasteiger partial charge in [0.25, 0.3) is 0 Å². The summed E-state index contributed by atoms with van der Waals surface area (Å²) in [5.74, 6) is 0. The van der Waals surface area contributed by atoms with Gasteiger partial charge in [0.1, 0.15) is 0 Å². The van der Waals surface area contributed by atoms with E-state index in [1.807, 2.05) is 0 Å². The minimum atomic E-state index is 0.685. The fourth-order valence-electron chi connectivity index (χ4n) is 4.87. The molecule has 1 N–H and O–H groups in total. The Balaban J connectivity index is 1.48. The maximum atomic E-state index is 3.88. The molecule has 3 atom stereocenters. The van der Waals surface area contributed by atoms with E-state index in [0.29, 0.717) is 6.04 Å². The molecule has 0 amide bonds. The van der Waals surface area contributed by atoms with Crippen LogP contribution in [0.5, 0.6) is 0 Å². The molecule has 1 aromatic carbocycles. The Bertz CT molecular complexity index is 469. The summed E-state index contributed by atoms with van der Waals surface area (Å²) in [6.45, 7) is 6.13. The Kier molecular flexibility index (Phi) is 4.47. The van der Waals surface area contributed by atoms with Crippen LogP contribution >= 0.6 is 0 Å².